The number of rotatable bonds is 5. The lowest BCUT2D eigenvalue weighted by molar-refractivity contribution is 0.0847. The quantitative estimate of drug-likeness (QED) is 0.722. The molecule has 1 aliphatic rings. The van der Waals surface area contributed by atoms with Crippen molar-refractivity contribution in [3.05, 3.63) is 12.2 Å². The summed E-state index contributed by atoms with van der Waals surface area (Å²) >= 11 is 0. The van der Waals surface area contributed by atoms with Gasteiger partial charge < -0.3 is 10.8 Å². The topological polar surface area (TPSA) is 73.3 Å². The molecule has 0 aromatic heterocycles. The summed E-state index contributed by atoms with van der Waals surface area (Å²) in [5.74, 6) is 0.256. The van der Waals surface area contributed by atoms with Crippen LogP contribution in [0.15, 0.2) is 12.2 Å². The summed E-state index contributed by atoms with van der Waals surface area (Å²) in [6.45, 7) is 4.01. The van der Waals surface area contributed by atoms with Gasteiger partial charge in [-0.25, -0.2) is 0 Å². The second-order valence-electron chi connectivity index (χ2n) is 5.16. The lowest BCUT2D eigenvalue weighted by atomic mass is 9.89. The molecular formula is C14H25N3O. The Hall–Kier alpha value is -0.890. The molecule has 0 amide bonds. The molecule has 0 bridgehead atoms. The van der Waals surface area contributed by atoms with E-state index in [2.05, 4.69) is 12.1 Å². The van der Waals surface area contributed by atoms with E-state index < -0.39 is 6.10 Å². The molecule has 1 aliphatic heterocycles. The maximum absolute atomic E-state index is 10.1. The Morgan fingerprint density at radius 3 is 2.78 bits per heavy atom. The molecule has 18 heavy (non-hydrogen) atoms. The lowest BCUT2D eigenvalue weighted by Gasteiger charge is -2.33. The van der Waals surface area contributed by atoms with E-state index in [1.165, 1.54) is 0 Å². The van der Waals surface area contributed by atoms with Crippen LogP contribution in [0.1, 0.15) is 33.1 Å². The van der Waals surface area contributed by atoms with E-state index in [-0.39, 0.29) is 24.0 Å². The van der Waals surface area contributed by atoms with Crippen molar-refractivity contribution in [1.29, 1.82) is 5.26 Å². The minimum atomic E-state index is -0.493. The first-order valence-electron chi connectivity index (χ1n) is 6.74. The minimum Gasteiger partial charge on any atom is -0.391 e. The molecule has 1 heterocycles. The zero-order valence-corrected chi connectivity index (χ0v) is 11.6. The number of likely N-dealkylation sites (tertiary alicyclic amines) is 1. The summed E-state index contributed by atoms with van der Waals surface area (Å²) in [4.78, 5) is 2.02. The Kier molecular flexibility index (Phi) is 5.80. The van der Waals surface area contributed by atoms with E-state index in [0.717, 1.165) is 12.8 Å². The lowest BCUT2D eigenvalue weighted by Crippen LogP contribution is -2.52. The predicted molar refractivity (Wildman–Crippen MR) is 72.8 cm³/mol. The molecule has 1 fully saturated rings. The van der Waals surface area contributed by atoms with Crippen molar-refractivity contribution in [2.45, 2.75) is 57.3 Å². The highest BCUT2D eigenvalue weighted by molar-refractivity contribution is 5.11. The van der Waals surface area contributed by atoms with Gasteiger partial charge in [-0.3, -0.25) is 4.90 Å². The SMILES string of the molecule is C/C=C\[C@@H]1C[C@H](C#N)N(C)[C@H]1[C@@H](N)C(O)CCC. The summed E-state index contributed by atoms with van der Waals surface area (Å²) < 4.78 is 0. The van der Waals surface area contributed by atoms with Crippen molar-refractivity contribution in [1.82, 2.24) is 4.90 Å². The minimum absolute atomic E-state index is 0.0485. The Morgan fingerprint density at radius 1 is 1.61 bits per heavy atom. The van der Waals surface area contributed by atoms with Gasteiger partial charge in [-0.15, -0.1) is 0 Å². The fraction of sp³-hybridized carbons (Fsp3) is 0.786. The van der Waals surface area contributed by atoms with Crippen LogP contribution >= 0.6 is 0 Å². The standard InChI is InChI=1S/C14H25N3O/c1-4-6-10-8-11(9-15)17(3)14(10)13(16)12(18)7-5-2/h4,6,10-14,18H,5,7-8,16H2,1-3H3/b6-4-/t10-,11-,12?,13+,14-/m1/s1. The van der Waals surface area contributed by atoms with Crippen molar-refractivity contribution in [3.8, 4) is 6.07 Å². The first-order chi connectivity index (χ1) is 8.56. The molecule has 0 aromatic carbocycles. The van der Waals surface area contributed by atoms with Crippen LogP contribution in [0.2, 0.25) is 0 Å². The number of hydrogen-bond acceptors (Lipinski definition) is 4. The van der Waals surface area contributed by atoms with Crippen LogP contribution in [0.5, 0.6) is 0 Å². The van der Waals surface area contributed by atoms with Crippen molar-refractivity contribution in [3.63, 3.8) is 0 Å². The van der Waals surface area contributed by atoms with Crippen LogP contribution in [0.4, 0.5) is 0 Å². The van der Waals surface area contributed by atoms with E-state index in [9.17, 15) is 5.11 Å². The van der Waals surface area contributed by atoms with Crippen LogP contribution in [0.3, 0.4) is 0 Å². The Labute approximate surface area is 110 Å². The summed E-state index contributed by atoms with van der Waals surface area (Å²) in [6, 6.07) is 1.96. The van der Waals surface area contributed by atoms with E-state index in [0.29, 0.717) is 6.42 Å². The first kappa shape index (κ1) is 15.2. The van der Waals surface area contributed by atoms with Gasteiger partial charge in [0.25, 0.3) is 0 Å². The third-order valence-electron chi connectivity index (χ3n) is 3.91. The molecule has 0 aromatic rings. The molecular weight excluding hydrogens is 226 g/mol. The first-order valence-corrected chi connectivity index (χ1v) is 6.74. The van der Waals surface area contributed by atoms with Gasteiger partial charge in [-0.2, -0.15) is 5.26 Å². The third kappa shape index (κ3) is 3.11. The molecule has 4 nitrogen and oxygen atoms in total. The van der Waals surface area contributed by atoms with Crippen molar-refractivity contribution >= 4 is 0 Å². The maximum Gasteiger partial charge on any atom is 0.0984 e. The molecule has 0 aliphatic carbocycles. The van der Waals surface area contributed by atoms with Crippen LogP contribution in [0.25, 0.3) is 0 Å². The molecule has 4 heteroatoms. The molecule has 3 N–H and O–H groups in total. The van der Waals surface area contributed by atoms with Gasteiger partial charge in [0.1, 0.15) is 0 Å². The van der Waals surface area contributed by atoms with Gasteiger partial charge in [0.05, 0.1) is 18.2 Å². The number of aliphatic hydroxyl groups excluding tert-OH is 1. The molecule has 0 spiro atoms. The fourth-order valence-corrected chi connectivity index (χ4v) is 2.93. The smallest absolute Gasteiger partial charge is 0.0984 e. The normalized spacial score (nSPS) is 32.6. The second kappa shape index (κ2) is 6.89. The molecule has 102 valence electrons. The number of nitrogens with zero attached hydrogens (tertiary/aromatic N) is 2. The van der Waals surface area contributed by atoms with E-state index >= 15 is 0 Å². The number of likely N-dealkylation sites (N-methyl/N-ethyl adjacent to an activating group) is 1. The average molecular weight is 251 g/mol. The average Bonchev–Trinajstić information content (AvgIpc) is 2.65. The number of hydrogen-bond donors (Lipinski definition) is 2. The van der Waals surface area contributed by atoms with Crippen LogP contribution in [0, 0.1) is 17.2 Å². The Balaban J connectivity index is 2.84. The summed E-state index contributed by atoms with van der Waals surface area (Å²) in [5.41, 5.74) is 6.20. The zero-order valence-electron chi connectivity index (χ0n) is 11.6. The van der Waals surface area contributed by atoms with Crippen molar-refractivity contribution < 1.29 is 5.11 Å². The van der Waals surface area contributed by atoms with E-state index in [1.54, 1.807) is 0 Å². The van der Waals surface area contributed by atoms with E-state index in [4.69, 9.17) is 11.0 Å². The molecule has 1 unspecified atom stereocenters. The molecule has 1 rings (SSSR count). The number of aliphatic hydroxyl groups is 1. The molecule has 0 radical (unpaired) electrons. The van der Waals surface area contributed by atoms with Gasteiger partial charge >= 0.3 is 0 Å². The number of nitrogens with two attached hydrogens (primary N) is 1. The Morgan fingerprint density at radius 2 is 2.28 bits per heavy atom. The van der Waals surface area contributed by atoms with Gasteiger partial charge in [0.2, 0.25) is 0 Å². The fourth-order valence-electron chi connectivity index (χ4n) is 2.93. The second-order valence-corrected chi connectivity index (χ2v) is 5.16. The van der Waals surface area contributed by atoms with Gasteiger partial charge in [-0.05, 0) is 32.7 Å². The predicted octanol–water partition coefficient (Wildman–Crippen LogP) is 1.26. The summed E-state index contributed by atoms with van der Waals surface area (Å²) in [7, 11) is 1.93. The van der Waals surface area contributed by atoms with E-state index in [1.807, 2.05) is 31.9 Å². The molecule has 0 saturated carbocycles. The van der Waals surface area contributed by atoms with Gasteiger partial charge in [0, 0.05) is 12.1 Å². The van der Waals surface area contributed by atoms with Crippen LogP contribution < -0.4 is 5.73 Å². The van der Waals surface area contributed by atoms with Crippen molar-refractivity contribution in [2.24, 2.45) is 11.7 Å². The highest BCUT2D eigenvalue weighted by Gasteiger charge is 2.42. The third-order valence-corrected chi connectivity index (χ3v) is 3.91. The monoisotopic (exact) mass is 251 g/mol. The highest BCUT2D eigenvalue weighted by Crippen LogP contribution is 2.32. The van der Waals surface area contributed by atoms with Gasteiger partial charge in [-0.1, -0.05) is 25.5 Å². The van der Waals surface area contributed by atoms with Crippen LogP contribution in [-0.4, -0.2) is 41.3 Å². The largest absolute Gasteiger partial charge is 0.391 e. The molecule has 5 atom stereocenters. The molecule has 1 saturated heterocycles. The maximum atomic E-state index is 10.1. The Bertz CT molecular complexity index is 323. The highest BCUT2D eigenvalue weighted by atomic mass is 16.3. The van der Waals surface area contributed by atoms with Crippen LogP contribution in [-0.2, 0) is 0 Å². The zero-order chi connectivity index (χ0) is 13.7. The summed E-state index contributed by atoms with van der Waals surface area (Å²) in [5, 5.41) is 19.2. The number of allylic oxidation sites excluding steroid dienone is 1. The summed E-state index contributed by atoms with van der Waals surface area (Å²) in [6.07, 6.45) is 6.05. The number of nitriles is 1. The van der Waals surface area contributed by atoms with Gasteiger partial charge in [0.15, 0.2) is 0 Å². The van der Waals surface area contributed by atoms with Crippen molar-refractivity contribution in [2.75, 3.05) is 7.05 Å².